The standard InChI is InChI=1S/C26H24ClN3O5/c1-15-12-20(27)7-11-22(15)35-17(3)25(31)28-21-8-4-18(5-9-21)16(2)29-30-26(32)19-6-10-23-24(13-19)34-14-33-23/h4-13,17H,14H2,1-3H3,(H,28,31)(H,30,32)/b29-16+/t17-/m0/s1. The molecule has 4 rings (SSSR count). The second kappa shape index (κ2) is 10.5. The van der Waals surface area contributed by atoms with E-state index in [0.29, 0.717) is 39.2 Å². The minimum atomic E-state index is -0.704. The van der Waals surface area contributed by atoms with Gasteiger partial charge in [0.05, 0.1) is 5.71 Å². The predicted molar refractivity (Wildman–Crippen MR) is 134 cm³/mol. The summed E-state index contributed by atoms with van der Waals surface area (Å²) < 4.78 is 16.3. The maximum atomic E-state index is 12.5. The molecule has 0 fully saturated rings. The number of hydrogen-bond acceptors (Lipinski definition) is 6. The third kappa shape index (κ3) is 5.91. The van der Waals surface area contributed by atoms with Gasteiger partial charge in [-0.1, -0.05) is 23.7 Å². The lowest BCUT2D eigenvalue weighted by atomic mass is 10.1. The molecule has 180 valence electrons. The molecule has 2 amide bonds. The van der Waals surface area contributed by atoms with Crippen molar-refractivity contribution in [3.63, 3.8) is 0 Å². The van der Waals surface area contributed by atoms with Crippen molar-refractivity contribution in [2.24, 2.45) is 5.10 Å². The number of rotatable bonds is 7. The molecule has 3 aromatic rings. The lowest BCUT2D eigenvalue weighted by molar-refractivity contribution is -0.122. The highest BCUT2D eigenvalue weighted by Gasteiger charge is 2.17. The third-order valence-electron chi connectivity index (χ3n) is 5.34. The Balaban J connectivity index is 1.33. The molecule has 1 heterocycles. The van der Waals surface area contributed by atoms with Crippen LogP contribution in [0.4, 0.5) is 5.69 Å². The van der Waals surface area contributed by atoms with Gasteiger partial charge in [-0.3, -0.25) is 9.59 Å². The van der Waals surface area contributed by atoms with Gasteiger partial charge in [-0.15, -0.1) is 0 Å². The number of carbonyl (C=O) groups is 2. The van der Waals surface area contributed by atoms with Crippen LogP contribution in [0.25, 0.3) is 0 Å². The number of fused-ring (bicyclic) bond motifs is 1. The first-order valence-electron chi connectivity index (χ1n) is 10.9. The van der Waals surface area contributed by atoms with Gasteiger partial charge in [-0.05, 0) is 80.4 Å². The summed E-state index contributed by atoms with van der Waals surface area (Å²) >= 11 is 5.97. The maximum absolute atomic E-state index is 12.5. The molecule has 0 saturated heterocycles. The molecule has 1 aliphatic heterocycles. The fourth-order valence-corrected chi connectivity index (χ4v) is 3.56. The second-order valence-electron chi connectivity index (χ2n) is 7.94. The number of benzene rings is 3. The number of aryl methyl sites for hydroxylation is 1. The number of nitrogens with zero attached hydrogens (tertiary/aromatic N) is 1. The summed E-state index contributed by atoms with van der Waals surface area (Å²) in [7, 11) is 0. The van der Waals surface area contributed by atoms with Crippen LogP contribution in [0.15, 0.2) is 65.8 Å². The lowest BCUT2D eigenvalue weighted by Gasteiger charge is -2.16. The van der Waals surface area contributed by atoms with Gasteiger partial charge in [-0.2, -0.15) is 5.10 Å². The van der Waals surface area contributed by atoms with E-state index in [1.54, 1.807) is 74.5 Å². The third-order valence-corrected chi connectivity index (χ3v) is 5.58. The Morgan fingerprint density at radius 2 is 1.71 bits per heavy atom. The number of amides is 2. The van der Waals surface area contributed by atoms with Gasteiger partial charge in [-0.25, -0.2) is 5.43 Å². The van der Waals surface area contributed by atoms with Gasteiger partial charge in [0.25, 0.3) is 11.8 Å². The van der Waals surface area contributed by atoms with Crippen LogP contribution in [0.5, 0.6) is 17.2 Å². The van der Waals surface area contributed by atoms with Crippen molar-refractivity contribution in [1.82, 2.24) is 5.43 Å². The van der Waals surface area contributed by atoms with Gasteiger partial charge >= 0.3 is 0 Å². The first-order valence-corrected chi connectivity index (χ1v) is 11.3. The SMILES string of the molecule is C/C(=N\NC(=O)c1ccc2c(c1)OCO2)c1ccc(NC(=O)[C@H](C)Oc2ccc(Cl)cc2C)cc1. The Kier molecular flexibility index (Phi) is 7.22. The maximum Gasteiger partial charge on any atom is 0.271 e. The summed E-state index contributed by atoms with van der Waals surface area (Å²) in [5.74, 6) is 1.08. The molecule has 0 bridgehead atoms. The van der Waals surface area contributed by atoms with E-state index in [1.807, 2.05) is 6.92 Å². The highest BCUT2D eigenvalue weighted by Crippen LogP contribution is 2.32. The number of carbonyl (C=O) groups excluding carboxylic acids is 2. The molecule has 0 radical (unpaired) electrons. The zero-order chi connectivity index (χ0) is 24.9. The number of hydrogen-bond donors (Lipinski definition) is 2. The zero-order valence-electron chi connectivity index (χ0n) is 19.4. The quantitative estimate of drug-likeness (QED) is 0.359. The Hall–Kier alpha value is -4.04. The van der Waals surface area contributed by atoms with Crippen molar-refractivity contribution in [2.45, 2.75) is 26.9 Å². The van der Waals surface area contributed by atoms with Crippen LogP contribution in [0.1, 0.15) is 35.3 Å². The Morgan fingerprint density at radius 3 is 2.46 bits per heavy atom. The normalized spacial score (nSPS) is 13.2. The fraction of sp³-hybridized carbons (Fsp3) is 0.192. The summed E-state index contributed by atoms with van der Waals surface area (Å²) in [5.41, 5.74) is 5.80. The second-order valence-corrected chi connectivity index (χ2v) is 8.38. The van der Waals surface area contributed by atoms with E-state index in [9.17, 15) is 9.59 Å². The molecule has 0 spiro atoms. The Labute approximate surface area is 207 Å². The minimum Gasteiger partial charge on any atom is -0.481 e. The molecule has 3 aromatic carbocycles. The molecule has 0 unspecified atom stereocenters. The van der Waals surface area contributed by atoms with Crippen LogP contribution in [0.3, 0.4) is 0 Å². The van der Waals surface area contributed by atoms with E-state index in [0.717, 1.165) is 11.1 Å². The number of hydrazone groups is 1. The van der Waals surface area contributed by atoms with Crippen LogP contribution in [-0.4, -0.2) is 30.4 Å². The number of anilines is 1. The van der Waals surface area contributed by atoms with Crippen molar-refractivity contribution in [3.8, 4) is 17.2 Å². The van der Waals surface area contributed by atoms with Crippen molar-refractivity contribution >= 4 is 34.8 Å². The first kappa shape index (κ1) is 24.1. The highest BCUT2D eigenvalue weighted by atomic mass is 35.5. The van der Waals surface area contributed by atoms with Gasteiger partial charge in [0.2, 0.25) is 6.79 Å². The molecule has 1 atom stereocenters. The van der Waals surface area contributed by atoms with Crippen molar-refractivity contribution < 1.29 is 23.8 Å². The predicted octanol–water partition coefficient (Wildman–Crippen LogP) is 4.94. The van der Waals surface area contributed by atoms with Gasteiger partial charge in [0.15, 0.2) is 17.6 Å². The average Bonchev–Trinajstić information content (AvgIpc) is 3.32. The van der Waals surface area contributed by atoms with Gasteiger partial charge in [0.1, 0.15) is 5.75 Å². The largest absolute Gasteiger partial charge is 0.481 e. The van der Waals surface area contributed by atoms with E-state index in [-0.39, 0.29) is 18.6 Å². The number of ether oxygens (including phenoxy) is 3. The average molecular weight is 494 g/mol. The van der Waals surface area contributed by atoms with Crippen LogP contribution < -0.4 is 25.0 Å². The molecule has 0 saturated carbocycles. The van der Waals surface area contributed by atoms with Crippen LogP contribution in [-0.2, 0) is 4.79 Å². The van der Waals surface area contributed by atoms with Crippen molar-refractivity contribution in [1.29, 1.82) is 0 Å². The molecule has 8 nitrogen and oxygen atoms in total. The number of nitrogens with one attached hydrogen (secondary N) is 2. The first-order chi connectivity index (χ1) is 16.8. The van der Waals surface area contributed by atoms with Crippen LogP contribution in [0, 0.1) is 6.92 Å². The van der Waals surface area contributed by atoms with E-state index < -0.39 is 6.10 Å². The lowest BCUT2D eigenvalue weighted by Crippen LogP contribution is -2.30. The zero-order valence-corrected chi connectivity index (χ0v) is 20.2. The highest BCUT2D eigenvalue weighted by molar-refractivity contribution is 6.30. The summed E-state index contributed by atoms with van der Waals surface area (Å²) in [6.45, 7) is 5.46. The van der Waals surface area contributed by atoms with Crippen LogP contribution in [0.2, 0.25) is 5.02 Å². The molecular weight excluding hydrogens is 470 g/mol. The number of halogens is 1. The van der Waals surface area contributed by atoms with Crippen molar-refractivity contribution in [3.05, 3.63) is 82.4 Å². The summed E-state index contributed by atoms with van der Waals surface area (Å²) in [6, 6.07) is 17.3. The molecule has 0 aromatic heterocycles. The molecule has 1 aliphatic rings. The van der Waals surface area contributed by atoms with E-state index in [1.165, 1.54) is 0 Å². The molecular formula is C26H24ClN3O5. The molecule has 2 N–H and O–H groups in total. The summed E-state index contributed by atoms with van der Waals surface area (Å²) in [6.07, 6.45) is -0.704. The van der Waals surface area contributed by atoms with E-state index in [4.69, 9.17) is 25.8 Å². The molecule has 0 aliphatic carbocycles. The molecule has 9 heteroatoms. The molecule has 35 heavy (non-hydrogen) atoms. The van der Waals surface area contributed by atoms with Crippen molar-refractivity contribution in [2.75, 3.05) is 12.1 Å². The van der Waals surface area contributed by atoms with Gasteiger partial charge < -0.3 is 19.5 Å². The van der Waals surface area contributed by atoms with E-state index >= 15 is 0 Å². The fourth-order valence-electron chi connectivity index (χ4n) is 3.33. The topological polar surface area (TPSA) is 98.3 Å². The Morgan fingerprint density at radius 1 is 1.00 bits per heavy atom. The van der Waals surface area contributed by atoms with Crippen LogP contribution >= 0.6 is 11.6 Å². The minimum absolute atomic E-state index is 0.141. The monoisotopic (exact) mass is 493 g/mol. The summed E-state index contributed by atoms with van der Waals surface area (Å²) in [5, 5.41) is 7.61. The summed E-state index contributed by atoms with van der Waals surface area (Å²) in [4.78, 5) is 25.0. The smallest absolute Gasteiger partial charge is 0.271 e. The van der Waals surface area contributed by atoms with Gasteiger partial charge in [0, 0.05) is 16.3 Å². The Bertz CT molecular complexity index is 1290. The van der Waals surface area contributed by atoms with E-state index in [2.05, 4.69) is 15.8 Å².